The highest BCUT2D eigenvalue weighted by Gasteiger charge is 2.16. The Hall–Kier alpha value is -3.19. The number of carbonyl (C=O) groups is 1. The van der Waals surface area contributed by atoms with Crippen molar-refractivity contribution in [2.45, 2.75) is 4.90 Å². The fourth-order valence-corrected chi connectivity index (χ4v) is 3.40. The topological polar surface area (TPSA) is 75.3 Å². The van der Waals surface area contributed by atoms with Crippen LogP contribution in [-0.2, 0) is 10.0 Å². The number of sulfonamides is 1. The van der Waals surface area contributed by atoms with Crippen LogP contribution >= 0.6 is 0 Å². The first-order valence-electron chi connectivity index (χ1n) is 7.69. The molecule has 3 aromatic rings. The molecule has 132 valence electrons. The van der Waals surface area contributed by atoms with Crippen molar-refractivity contribution < 1.29 is 17.6 Å². The Bertz CT molecular complexity index is 1040. The molecule has 0 heterocycles. The standard InChI is InChI=1S/C19H15FN2O3S/c20-15-7-5-10-17(13-15)21-19(23)14-6-4-11-18(12-14)26(24,25)22-16-8-2-1-3-9-16/h1-13,22H,(H,21,23). The van der Waals surface area contributed by atoms with E-state index in [1.165, 1.54) is 42.5 Å². The van der Waals surface area contributed by atoms with Crippen LogP contribution in [0.1, 0.15) is 10.4 Å². The normalized spacial score (nSPS) is 11.0. The van der Waals surface area contributed by atoms with Crippen LogP contribution in [-0.4, -0.2) is 14.3 Å². The molecule has 0 aliphatic carbocycles. The Morgan fingerprint density at radius 2 is 1.50 bits per heavy atom. The average molecular weight is 370 g/mol. The summed E-state index contributed by atoms with van der Waals surface area (Å²) in [7, 11) is -3.84. The molecule has 0 unspecified atom stereocenters. The van der Waals surface area contributed by atoms with Gasteiger partial charge in [-0.15, -0.1) is 0 Å². The van der Waals surface area contributed by atoms with Crippen LogP contribution in [0.5, 0.6) is 0 Å². The van der Waals surface area contributed by atoms with Gasteiger partial charge in [-0.3, -0.25) is 9.52 Å². The van der Waals surface area contributed by atoms with E-state index in [4.69, 9.17) is 0 Å². The number of anilines is 2. The second-order valence-electron chi connectivity index (χ2n) is 5.46. The van der Waals surface area contributed by atoms with E-state index < -0.39 is 21.7 Å². The molecule has 3 aromatic carbocycles. The van der Waals surface area contributed by atoms with Crippen molar-refractivity contribution in [2.75, 3.05) is 10.0 Å². The molecule has 0 spiro atoms. The first kappa shape index (κ1) is 17.6. The minimum absolute atomic E-state index is 0.0479. The maximum absolute atomic E-state index is 13.2. The van der Waals surface area contributed by atoms with Gasteiger partial charge in [-0.1, -0.05) is 30.3 Å². The highest BCUT2D eigenvalue weighted by Crippen LogP contribution is 2.18. The van der Waals surface area contributed by atoms with Crippen LogP contribution < -0.4 is 10.0 Å². The molecule has 0 aromatic heterocycles. The molecule has 0 saturated heterocycles. The number of halogens is 1. The molecular formula is C19H15FN2O3S. The molecule has 0 aliphatic heterocycles. The van der Waals surface area contributed by atoms with Crippen molar-refractivity contribution in [1.82, 2.24) is 0 Å². The number of hydrogen-bond donors (Lipinski definition) is 2. The maximum Gasteiger partial charge on any atom is 0.261 e. The molecule has 2 N–H and O–H groups in total. The summed E-state index contributed by atoms with van der Waals surface area (Å²) < 4.78 is 40.6. The number of amides is 1. The second kappa shape index (κ2) is 7.37. The average Bonchev–Trinajstić information content (AvgIpc) is 2.62. The summed E-state index contributed by atoms with van der Waals surface area (Å²) in [5.74, 6) is -1.02. The second-order valence-corrected chi connectivity index (χ2v) is 7.15. The van der Waals surface area contributed by atoms with Gasteiger partial charge in [0.1, 0.15) is 5.82 Å². The number of rotatable bonds is 5. The molecule has 0 fully saturated rings. The summed E-state index contributed by atoms with van der Waals surface area (Å²) in [6.07, 6.45) is 0. The molecule has 5 nitrogen and oxygen atoms in total. The third-order valence-corrected chi connectivity index (χ3v) is 4.89. The lowest BCUT2D eigenvalue weighted by Crippen LogP contribution is -2.16. The van der Waals surface area contributed by atoms with E-state index in [0.717, 1.165) is 0 Å². The van der Waals surface area contributed by atoms with E-state index in [1.54, 1.807) is 36.4 Å². The lowest BCUT2D eigenvalue weighted by atomic mass is 10.2. The first-order valence-corrected chi connectivity index (χ1v) is 9.17. The van der Waals surface area contributed by atoms with Gasteiger partial charge >= 0.3 is 0 Å². The third kappa shape index (κ3) is 4.25. The Labute approximate surface area is 150 Å². The zero-order chi connectivity index (χ0) is 18.6. The van der Waals surface area contributed by atoms with Gasteiger partial charge in [-0.2, -0.15) is 0 Å². The summed E-state index contributed by atoms with van der Waals surface area (Å²) >= 11 is 0. The fraction of sp³-hybridized carbons (Fsp3) is 0. The Kier molecular flexibility index (Phi) is 4.99. The van der Waals surface area contributed by atoms with Gasteiger partial charge in [-0.05, 0) is 48.5 Å². The molecule has 0 saturated carbocycles. The van der Waals surface area contributed by atoms with E-state index in [9.17, 15) is 17.6 Å². The van der Waals surface area contributed by atoms with Crippen LogP contribution in [0, 0.1) is 5.82 Å². The Morgan fingerprint density at radius 3 is 2.23 bits per heavy atom. The van der Waals surface area contributed by atoms with Crippen molar-refractivity contribution in [3.05, 3.63) is 90.2 Å². The van der Waals surface area contributed by atoms with Crippen LogP contribution in [0.15, 0.2) is 83.8 Å². The number of para-hydroxylation sites is 1. The van der Waals surface area contributed by atoms with Crippen molar-refractivity contribution >= 4 is 27.3 Å². The zero-order valence-corrected chi connectivity index (χ0v) is 14.3. The summed E-state index contributed by atoms with van der Waals surface area (Å²) in [6, 6.07) is 19.5. The van der Waals surface area contributed by atoms with Gasteiger partial charge < -0.3 is 5.32 Å². The lowest BCUT2D eigenvalue weighted by Gasteiger charge is -2.10. The first-order chi connectivity index (χ1) is 12.4. The smallest absolute Gasteiger partial charge is 0.261 e. The molecule has 3 rings (SSSR count). The quantitative estimate of drug-likeness (QED) is 0.716. The SMILES string of the molecule is O=C(Nc1cccc(F)c1)c1cccc(S(=O)(=O)Nc2ccccc2)c1. The molecule has 7 heteroatoms. The predicted octanol–water partition coefficient (Wildman–Crippen LogP) is 3.88. The molecular weight excluding hydrogens is 355 g/mol. The number of hydrogen-bond acceptors (Lipinski definition) is 3. The van der Waals surface area contributed by atoms with E-state index in [1.807, 2.05) is 0 Å². The molecule has 0 bridgehead atoms. The van der Waals surface area contributed by atoms with Gasteiger partial charge in [0, 0.05) is 16.9 Å². The van der Waals surface area contributed by atoms with Crippen LogP contribution in [0.4, 0.5) is 15.8 Å². The van der Waals surface area contributed by atoms with Crippen LogP contribution in [0.3, 0.4) is 0 Å². The van der Waals surface area contributed by atoms with Crippen molar-refractivity contribution in [2.24, 2.45) is 0 Å². The van der Waals surface area contributed by atoms with Crippen LogP contribution in [0.2, 0.25) is 0 Å². The van der Waals surface area contributed by atoms with E-state index in [-0.39, 0.29) is 16.1 Å². The molecule has 0 aliphatic rings. The monoisotopic (exact) mass is 370 g/mol. The summed E-state index contributed by atoms with van der Waals surface area (Å²) in [6.45, 7) is 0. The zero-order valence-electron chi connectivity index (χ0n) is 13.5. The van der Waals surface area contributed by atoms with Gasteiger partial charge in [0.05, 0.1) is 4.90 Å². The highest BCUT2D eigenvalue weighted by molar-refractivity contribution is 7.92. The van der Waals surface area contributed by atoms with Gasteiger partial charge in [0.15, 0.2) is 0 Å². The summed E-state index contributed by atoms with van der Waals surface area (Å²) in [5, 5.41) is 2.53. The van der Waals surface area contributed by atoms with Gasteiger partial charge in [-0.25, -0.2) is 12.8 Å². The minimum Gasteiger partial charge on any atom is -0.322 e. The van der Waals surface area contributed by atoms with Crippen molar-refractivity contribution in [1.29, 1.82) is 0 Å². The molecule has 0 radical (unpaired) electrons. The largest absolute Gasteiger partial charge is 0.322 e. The number of carbonyl (C=O) groups excluding carboxylic acids is 1. The minimum atomic E-state index is -3.84. The van der Waals surface area contributed by atoms with E-state index >= 15 is 0 Å². The van der Waals surface area contributed by atoms with E-state index in [0.29, 0.717) is 5.69 Å². The number of nitrogens with one attached hydrogen (secondary N) is 2. The Balaban J connectivity index is 1.82. The molecule has 26 heavy (non-hydrogen) atoms. The van der Waals surface area contributed by atoms with Crippen molar-refractivity contribution in [3.63, 3.8) is 0 Å². The van der Waals surface area contributed by atoms with Gasteiger partial charge in [0.2, 0.25) is 0 Å². The van der Waals surface area contributed by atoms with Crippen molar-refractivity contribution in [3.8, 4) is 0 Å². The number of benzene rings is 3. The lowest BCUT2D eigenvalue weighted by molar-refractivity contribution is 0.102. The predicted molar refractivity (Wildman–Crippen MR) is 98.0 cm³/mol. The highest BCUT2D eigenvalue weighted by atomic mass is 32.2. The molecule has 1 amide bonds. The van der Waals surface area contributed by atoms with E-state index in [2.05, 4.69) is 10.0 Å². The summed E-state index contributed by atoms with van der Waals surface area (Å²) in [5.41, 5.74) is 0.845. The van der Waals surface area contributed by atoms with Crippen LogP contribution in [0.25, 0.3) is 0 Å². The summed E-state index contributed by atoms with van der Waals surface area (Å²) in [4.78, 5) is 12.3. The molecule has 0 atom stereocenters. The Morgan fingerprint density at radius 1 is 0.808 bits per heavy atom. The maximum atomic E-state index is 13.2. The van der Waals surface area contributed by atoms with Gasteiger partial charge in [0.25, 0.3) is 15.9 Å². The fourth-order valence-electron chi connectivity index (χ4n) is 2.29. The third-order valence-electron chi connectivity index (χ3n) is 3.52.